The Morgan fingerprint density at radius 3 is 2.45 bits per heavy atom. The van der Waals surface area contributed by atoms with Crippen LogP contribution in [0.2, 0.25) is 0 Å². The van der Waals surface area contributed by atoms with Crippen molar-refractivity contribution in [2.24, 2.45) is 0 Å². The topological polar surface area (TPSA) is 180 Å². The number of fused-ring (bicyclic) bond motifs is 2. The molecule has 14 nitrogen and oxygen atoms in total. The number of nitrogens with one attached hydrogen (secondary N) is 3. The smallest absolute Gasteiger partial charge is 0.411 e. The lowest BCUT2D eigenvalue weighted by molar-refractivity contribution is -0.118. The fourth-order valence-corrected chi connectivity index (χ4v) is 9.85. The number of amides is 2. The van der Waals surface area contributed by atoms with Crippen molar-refractivity contribution in [3.8, 4) is 22.6 Å². The summed E-state index contributed by atoms with van der Waals surface area (Å²) in [5.41, 5.74) is 5.45. The van der Waals surface area contributed by atoms with E-state index in [0.717, 1.165) is 47.6 Å². The van der Waals surface area contributed by atoms with E-state index in [1.165, 1.54) is 30.3 Å². The molecule has 8 rings (SSSR count). The number of carbonyl (C=O) groups is 2. The first-order valence-electron chi connectivity index (χ1n) is 21.5. The van der Waals surface area contributed by atoms with E-state index in [2.05, 4.69) is 36.4 Å². The minimum absolute atomic E-state index is 0.0306. The van der Waals surface area contributed by atoms with Crippen molar-refractivity contribution in [3.63, 3.8) is 0 Å². The van der Waals surface area contributed by atoms with Gasteiger partial charge < -0.3 is 34.7 Å². The standard InChI is InChI=1S/C49H50BrN5O9S/c1-62-44-29-42-33(28-34(44)30-51-31-45(64-65(60,61)37-15-13-35(50)14-16-37)39-17-19-43(56)48-40(39)18-20-46(57)53-48)21-27-55(42)47(58)12-7-24-54-25-22-36(23-26-54)63-49(59)52-41-11-6-5-10-38(41)32-8-3-2-4-9-32/h2-6,8-11,13-20,28-29,36,45,51,56H,7,12,21-27,30-31H2,1H3,(H,52,59)(H,53,57)/t45-/m0/s1. The summed E-state index contributed by atoms with van der Waals surface area (Å²) in [4.78, 5) is 45.4. The Labute approximate surface area is 385 Å². The molecule has 1 atom stereocenters. The zero-order valence-corrected chi connectivity index (χ0v) is 38.2. The highest BCUT2D eigenvalue weighted by Gasteiger charge is 2.29. The lowest BCUT2D eigenvalue weighted by atomic mass is 10.0. The predicted octanol–water partition coefficient (Wildman–Crippen LogP) is 8.29. The largest absolute Gasteiger partial charge is 0.506 e. The van der Waals surface area contributed by atoms with Gasteiger partial charge in [0.05, 0.1) is 28.9 Å². The van der Waals surface area contributed by atoms with Gasteiger partial charge in [0, 0.05) is 72.3 Å². The first-order chi connectivity index (χ1) is 31.4. The fraction of sp³-hybridized carbons (Fsp3) is 0.286. The van der Waals surface area contributed by atoms with Crippen molar-refractivity contribution in [2.75, 3.05) is 50.1 Å². The van der Waals surface area contributed by atoms with Crippen LogP contribution in [-0.4, -0.2) is 81.3 Å². The zero-order valence-electron chi connectivity index (χ0n) is 35.8. The van der Waals surface area contributed by atoms with Gasteiger partial charge in [0.25, 0.3) is 10.1 Å². The number of hydrogen-bond acceptors (Lipinski definition) is 11. The van der Waals surface area contributed by atoms with Crippen LogP contribution in [0.15, 0.2) is 129 Å². The number of likely N-dealkylation sites (tertiary alicyclic amines) is 1. The number of carbonyl (C=O) groups excluding carboxylic acids is 2. The number of aromatic nitrogens is 1. The van der Waals surface area contributed by atoms with Gasteiger partial charge in [0.1, 0.15) is 23.7 Å². The van der Waals surface area contributed by atoms with E-state index in [1.807, 2.05) is 71.6 Å². The molecule has 0 spiro atoms. The average molecular weight is 965 g/mol. The molecule has 1 fully saturated rings. The van der Waals surface area contributed by atoms with Gasteiger partial charge in [0.15, 0.2) is 0 Å². The van der Waals surface area contributed by atoms with Crippen LogP contribution < -0.4 is 25.8 Å². The van der Waals surface area contributed by atoms with Crippen molar-refractivity contribution in [2.45, 2.75) is 55.8 Å². The molecule has 16 heteroatoms. The molecule has 1 aromatic heterocycles. The lowest BCUT2D eigenvalue weighted by Crippen LogP contribution is -2.39. The summed E-state index contributed by atoms with van der Waals surface area (Å²) in [5, 5.41) is 17.2. The number of methoxy groups -OCH3 is 1. The predicted molar refractivity (Wildman–Crippen MR) is 253 cm³/mol. The molecule has 1 saturated heterocycles. The number of halogens is 1. The van der Waals surface area contributed by atoms with E-state index in [0.29, 0.717) is 65.5 Å². The summed E-state index contributed by atoms with van der Waals surface area (Å²) < 4.78 is 45.3. The van der Waals surface area contributed by atoms with Crippen molar-refractivity contribution in [3.05, 3.63) is 147 Å². The number of nitrogens with zero attached hydrogens (tertiary/aromatic N) is 2. The number of piperidine rings is 1. The van der Waals surface area contributed by atoms with Gasteiger partial charge >= 0.3 is 6.09 Å². The lowest BCUT2D eigenvalue weighted by Gasteiger charge is -2.31. The highest BCUT2D eigenvalue weighted by molar-refractivity contribution is 9.10. The number of phenolic OH excluding ortho intramolecular Hbond substituents is 1. The summed E-state index contributed by atoms with van der Waals surface area (Å²) in [6.45, 7) is 3.17. The summed E-state index contributed by atoms with van der Waals surface area (Å²) in [6, 6.07) is 33.4. The molecule has 0 saturated carbocycles. The normalized spacial score (nSPS) is 14.8. The van der Waals surface area contributed by atoms with Crippen LogP contribution in [0.1, 0.15) is 48.5 Å². The van der Waals surface area contributed by atoms with E-state index in [1.54, 1.807) is 25.3 Å². The van der Waals surface area contributed by atoms with Gasteiger partial charge in [0.2, 0.25) is 11.5 Å². The summed E-state index contributed by atoms with van der Waals surface area (Å²) in [7, 11) is -2.69. The van der Waals surface area contributed by atoms with Crippen molar-refractivity contribution < 1.29 is 36.8 Å². The van der Waals surface area contributed by atoms with Crippen molar-refractivity contribution in [1.29, 1.82) is 0 Å². The maximum atomic E-state index is 13.6. The van der Waals surface area contributed by atoms with E-state index in [4.69, 9.17) is 13.7 Å². The number of hydrogen-bond donors (Lipinski definition) is 4. The monoisotopic (exact) mass is 963 g/mol. The van der Waals surface area contributed by atoms with Crippen LogP contribution in [-0.2, 0) is 36.8 Å². The van der Waals surface area contributed by atoms with Crippen LogP contribution in [0.25, 0.3) is 22.0 Å². The van der Waals surface area contributed by atoms with Gasteiger partial charge in [-0.05, 0) is 97.4 Å². The molecule has 2 aliphatic rings. The molecule has 65 heavy (non-hydrogen) atoms. The molecule has 3 heterocycles. The summed E-state index contributed by atoms with van der Waals surface area (Å²) in [5.74, 6) is 0.450. The Hall–Kier alpha value is -6.04. The number of anilines is 2. The van der Waals surface area contributed by atoms with Crippen LogP contribution in [0.5, 0.6) is 11.5 Å². The number of phenols is 1. The SMILES string of the molecule is COc1cc2c(cc1CNC[C@H](OS(=O)(=O)c1ccc(Br)cc1)c1ccc(O)c3[nH]c(=O)ccc13)CCN2C(=O)CCCN1CCC(OC(=O)Nc2ccccc2-c2ccccc2)CC1. The molecule has 4 N–H and O–H groups in total. The first kappa shape index (κ1) is 45.5. The number of pyridine rings is 1. The maximum Gasteiger partial charge on any atom is 0.411 e. The van der Waals surface area contributed by atoms with E-state index < -0.39 is 27.9 Å². The molecule has 2 amide bonds. The minimum Gasteiger partial charge on any atom is -0.506 e. The second kappa shape index (κ2) is 20.4. The van der Waals surface area contributed by atoms with E-state index in [-0.39, 0.29) is 41.3 Å². The highest BCUT2D eigenvalue weighted by Crippen LogP contribution is 2.37. The number of benzene rings is 5. The molecule has 338 valence electrons. The number of aromatic amines is 1. The Morgan fingerprint density at radius 2 is 1.68 bits per heavy atom. The summed E-state index contributed by atoms with van der Waals surface area (Å²) in [6.07, 6.45) is 1.47. The highest BCUT2D eigenvalue weighted by atomic mass is 79.9. The minimum atomic E-state index is -4.26. The quantitative estimate of drug-likeness (QED) is 0.0686. The first-order valence-corrected chi connectivity index (χ1v) is 23.7. The van der Waals surface area contributed by atoms with Crippen LogP contribution >= 0.6 is 15.9 Å². The fourth-order valence-electron chi connectivity index (χ4n) is 8.53. The molecule has 0 unspecified atom stereocenters. The van der Waals surface area contributed by atoms with Crippen LogP contribution in [0, 0.1) is 0 Å². The number of H-pyrrole nitrogens is 1. The van der Waals surface area contributed by atoms with Crippen molar-refractivity contribution in [1.82, 2.24) is 15.2 Å². The number of para-hydroxylation sites is 1. The second-order valence-corrected chi connectivity index (χ2v) is 18.6. The third kappa shape index (κ3) is 10.9. The summed E-state index contributed by atoms with van der Waals surface area (Å²) >= 11 is 3.34. The van der Waals surface area contributed by atoms with Crippen molar-refractivity contribution >= 4 is 60.3 Å². The third-order valence-electron chi connectivity index (χ3n) is 11.8. The maximum absolute atomic E-state index is 13.6. The van der Waals surface area contributed by atoms with Gasteiger partial charge in [-0.3, -0.25) is 19.1 Å². The second-order valence-electron chi connectivity index (χ2n) is 16.1. The molecule has 6 aromatic rings. The number of rotatable bonds is 16. The third-order valence-corrected chi connectivity index (χ3v) is 13.7. The number of aromatic hydroxyl groups is 1. The van der Waals surface area contributed by atoms with Gasteiger partial charge in [-0.15, -0.1) is 0 Å². The molecular formula is C49H50BrN5O9S. The van der Waals surface area contributed by atoms with E-state index >= 15 is 0 Å². The van der Waals surface area contributed by atoms with E-state index in [9.17, 15) is 27.9 Å². The Kier molecular flexibility index (Phi) is 14.3. The van der Waals surface area contributed by atoms with Gasteiger partial charge in [-0.25, -0.2) is 4.79 Å². The Balaban J connectivity index is 0.847. The van der Waals surface area contributed by atoms with Crippen LogP contribution in [0.4, 0.5) is 16.2 Å². The molecule has 0 bridgehead atoms. The molecule has 0 radical (unpaired) electrons. The van der Waals surface area contributed by atoms with Crippen LogP contribution in [0.3, 0.4) is 0 Å². The van der Waals surface area contributed by atoms with Gasteiger partial charge in [-0.2, -0.15) is 8.42 Å². The molecule has 0 aliphatic carbocycles. The number of ether oxygens (including phenoxy) is 2. The van der Waals surface area contributed by atoms with Gasteiger partial charge in [-0.1, -0.05) is 70.5 Å². The molecular weight excluding hydrogens is 915 g/mol. The Bertz CT molecular complexity index is 2830. The molecule has 2 aliphatic heterocycles. The Morgan fingerprint density at radius 1 is 0.923 bits per heavy atom. The molecule has 5 aromatic carbocycles. The average Bonchev–Trinajstić information content (AvgIpc) is 3.72. The zero-order chi connectivity index (χ0) is 45.5.